The van der Waals surface area contributed by atoms with E-state index in [0.717, 1.165) is 5.56 Å². The number of nitrogens with one attached hydrogen (secondary N) is 1. The highest BCUT2D eigenvalue weighted by Gasteiger charge is 2.33. The Kier molecular flexibility index (Phi) is 6.52. The summed E-state index contributed by atoms with van der Waals surface area (Å²) in [5.41, 5.74) is 3.57. The zero-order valence-corrected chi connectivity index (χ0v) is 16.0. The second-order valence-electron chi connectivity index (χ2n) is 6.19. The lowest BCUT2D eigenvalue weighted by Gasteiger charge is -2.16. The standard InChI is InChI=1S/C19H20ClN3O4/c1-4-27-18(24)22-21-17(14-7-11-16(20)12-8-14)13-5-9-15(10-6-13)19(2,3)23(25)26/h5-12H,4H2,1-3H3,(H,22,24). The summed E-state index contributed by atoms with van der Waals surface area (Å²) in [7, 11) is 0. The molecule has 2 rings (SSSR count). The number of rotatable bonds is 6. The molecule has 2 aromatic carbocycles. The Morgan fingerprint density at radius 1 is 1.15 bits per heavy atom. The molecule has 0 heterocycles. The molecule has 0 saturated carbocycles. The zero-order chi connectivity index (χ0) is 20.0. The van der Waals surface area contributed by atoms with Gasteiger partial charge in [0.1, 0.15) is 0 Å². The Balaban J connectivity index is 2.41. The molecule has 0 fully saturated rings. The van der Waals surface area contributed by atoms with Gasteiger partial charge in [-0.3, -0.25) is 10.1 Å². The first-order chi connectivity index (χ1) is 12.8. The quantitative estimate of drug-likeness (QED) is 0.451. The van der Waals surface area contributed by atoms with Crippen molar-refractivity contribution in [1.29, 1.82) is 0 Å². The summed E-state index contributed by atoms with van der Waals surface area (Å²) in [6.07, 6.45) is -0.671. The van der Waals surface area contributed by atoms with Crippen molar-refractivity contribution in [3.05, 3.63) is 80.4 Å². The number of benzene rings is 2. The van der Waals surface area contributed by atoms with Crippen LogP contribution in [0.3, 0.4) is 0 Å². The van der Waals surface area contributed by atoms with E-state index in [1.165, 1.54) is 0 Å². The molecule has 0 saturated heterocycles. The van der Waals surface area contributed by atoms with Gasteiger partial charge in [-0.15, -0.1) is 0 Å². The fourth-order valence-electron chi connectivity index (χ4n) is 2.31. The van der Waals surface area contributed by atoms with Crippen molar-refractivity contribution in [2.45, 2.75) is 26.3 Å². The molecule has 0 bridgehead atoms. The Morgan fingerprint density at radius 3 is 2.15 bits per heavy atom. The van der Waals surface area contributed by atoms with Crippen molar-refractivity contribution < 1.29 is 14.5 Å². The fraction of sp³-hybridized carbons (Fsp3) is 0.263. The highest BCUT2D eigenvalue weighted by atomic mass is 35.5. The molecule has 0 atom stereocenters. The fourth-order valence-corrected chi connectivity index (χ4v) is 2.44. The van der Waals surface area contributed by atoms with Crippen molar-refractivity contribution in [2.24, 2.45) is 5.10 Å². The first-order valence-corrected chi connectivity index (χ1v) is 8.65. The van der Waals surface area contributed by atoms with Gasteiger partial charge in [0.2, 0.25) is 5.54 Å². The van der Waals surface area contributed by atoms with E-state index in [2.05, 4.69) is 10.5 Å². The lowest BCUT2D eigenvalue weighted by Crippen LogP contribution is -2.27. The van der Waals surface area contributed by atoms with Gasteiger partial charge < -0.3 is 4.74 Å². The minimum absolute atomic E-state index is 0.225. The SMILES string of the molecule is CCOC(=O)NN=C(c1ccc(Cl)cc1)c1ccc(C(C)(C)[N+](=O)[O-])cc1. The van der Waals surface area contributed by atoms with Gasteiger partial charge in [0, 0.05) is 40.5 Å². The number of ether oxygens (including phenoxy) is 1. The highest BCUT2D eigenvalue weighted by molar-refractivity contribution is 6.30. The molecule has 8 heteroatoms. The summed E-state index contributed by atoms with van der Waals surface area (Å²) < 4.78 is 4.82. The predicted molar refractivity (Wildman–Crippen MR) is 104 cm³/mol. The molecule has 0 spiro atoms. The summed E-state index contributed by atoms with van der Waals surface area (Å²) in [4.78, 5) is 22.5. The van der Waals surface area contributed by atoms with Gasteiger partial charge in [-0.25, -0.2) is 10.2 Å². The number of carbonyl (C=O) groups excluding carboxylic acids is 1. The average molecular weight is 390 g/mol. The van der Waals surface area contributed by atoms with Crippen molar-refractivity contribution in [2.75, 3.05) is 6.61 Å². The molecule has 0 aromatic heterocycles. The summed E-state index contributed by atoms with van der Waals surface area (Å²) >= 11 is 5.94. The highest BCUT2D eigenvalue weighted by Crippen LogP contribution is 2.24. The van der Waals surface area contributed by atoms with Gasteiger partial charge in [-0.2, -0.15) is 5.10 Å². The number of amides is 1. The first-order valence-electron chi connectivity index (χ1n) is 8.27. The third-order valence-corrected chi connectivity index (χ3v) is 4.23. The number of hydrazone groups is 1. The molecular formula is C19H20ClN3O4. The van der Waals surface area contributed by atoms with Gasteiger partial charge in [0.05, 0.1) is 12.3 Å². The predicted octanol–water partition coefficient (Wildman–Crippen LogP) is 4.35. The van der Waals surface area contributed by atoms with E-state index in [1.807, 2.05) is 0 Å². The number of hydrogen-bond acceptors (Lipinski definition) is 5. The van der Waals surface area contributed by atoms with Crippen molar-refractivity contribution in [3.63, 3.8) is 0 Å². The maximum Gasteiger partial charge on any atom is 0.427 e. The molecule has 1 amide bonds. The van der Waals surface area contributed by atoms with Crippen LogP contribution in [0.4, 0.5) is 4.79 Å². The van der Waals surface area contributed by atoms with Gasteiger partial charge in [0.25, 0.3) is 0 Å². The molecule has 7 nitrogen and oxygen atoms in total. The number of carbonyl (C=O) groups is 1. The van der Waals surface area contributed by atoms with Crippen molar-refractivity contribution in [1.82, 2.24) is 5.43 Å². The number of nitrogens with zero attached hydrogens (tertiary/aromatic N) is 2. The third kappa shape index (κ3) is 5.04. The van der Waals surface area contributed by atoms with E-state index in [1.54, 1.807) is 69.3 Å². The van der Waals surface area contributed by atoms with Crippen molar-refractivity contribution >= 4 is 23.4 Å². The van der Waals surface area contributed by atoms with E-state index in [0.29, 0.717) is 21.9 Å². The van der Waals surface area contributed by atoms with Crippen LogP contribution in [-0.2, 0) is 10.3 Å². The van der Waals surface area contributed by atoms with Crippen LogP contribution in [0.15, 0.2) is 53.6 Å². The molecule has 0 aliphatic rings. The largest absolute Gasteiger partial charge is 0.449 e. The molecule has 27 heavy (non-hydrogen) atoms. The van der Waals surface area contributed by atoms with Gasteiger partial charge in [-0.1, -0.05) is 48.0 Å². The lowest BCUT2D eigenvalue weighted by molar-refractivity contribution is -0.569. The maximum absolute atomic E-state index is 11.6. The number of halogens is 1. The van der Waals surface area contributed by atoms with Crippen LogP contribution < -0.4 is 5.43 Å². The smallest absolute Gasteiger partial charge is 0.427 e. The van der Waals surface area contributed by atoms with Crippen LogP contribution in [0.2, 0.25) is 5.02 Å². The average Bonchev–Trinajstić information content (AvgIpc) is 2.64. The molecular weight excluding hydrogens is 370 g/mol. The second kappa shape index (κ2) is 8.64. The van der Waals surface area contributed by atoms with E-state index in [4.69, 9.17) is 16.3 Å². The number of hydrogen-bond donors (Lipinski definition) is 1. The van der Waals surface area contributed by atoms with E-state index in [9.17, 15) is 14.9 Å². The van der Waals surface area contributed by atoms with E-state index < -0.39 is 11.6 Å². The third-order valence-electron chi connectivity index (χ3n) is 3.97. The Hall–Kier alpha value is -2.93. The monoisotopic (exact) mass is 389 g/mol. The minimum Gasteiger partial charge on any atom is -0.449 e. The van der Waals surface area contributed by atoms with Crippen molar-refractivity contribution in [3.8, 4) is 0 Å². The molecule has 1 N–H and O–H groups in total. The topological polar surface area (TPSA) is 93.8 Å². The van der Waals surface area contributed by atoms with Gasteiger partial charge in [0.15, 0.2) is 0 Å². The van der Waals surface area contributed by atoms with Crippen LogP contribution in [-0.4, -0.2) is 23.3 Å². The molecule has 0 aliphatic carbocycles. The molecule has 0 radical (unpaired) electrons. The summed E-state index contributed by atoms with van der Waals surface area (Å²) in [6, 6.07) is 13.7. The van der Waals surface area contributed by atoms with Crippen LogP contribution in [0.5, 0.6) is 0 Å². The summed E-state index contributed by atoms with van der Waals surface area (Å²) in [5.74, 6) is 0. The maximum atomic E-state index is 11.6. The normalized spacial score (nSPS) is 11.8. The zero-order valence-electron chi connectivity index (χ0n) is 15.2. The van der Waals surface area contributed by atoms with E-state index in [-0.39, 0.29) is 11.5 Å². The molecule has 0 aliphatic heterocycles. The lowest BCUT2D eigenvalue weighted by atomic mass is 9.92. The molecule has 0 unspecified atom stereocenters. The molecule has 142 valence electrons. The van der Waals surface area contributed by atoms with E-state index >= 15 is 0 Å². The Labute approximate surface area is 162 Å². The van der Waals surface area contributed by atoms with Crippen LogP contribution in [0.25, 0.3) is 0 Å². The summed E-state index contributed by atoms with van der Waals surface area (Å²) in [5, 5.41) is 16.0. The Morgan fingerprint density at radius 2 is 1.67 bits per heavy atom. The van der Waals surface area contributed by atoms with Crippen LogP contribution >= 0.6 is 11.6 Å². The van der Waals surface area contributed by atoms with Crippen LogP contribution in [0.1, 0.15) is 37.5 Å². The summed E-state index contributed by atoms with van der Waals surface area (Å²) in [6.45, 7) is 5.00. The second-order valence-corrected chi connectivity index (χ2v) is 6.63. The van der Waals surface area contributed by atoms with Crippen LogP contribution in [0, 0.1) is 10.1 Å². The molecule has 2 aromatic rings. The van der Waals surface area contributed by atoms with Gasteiger partial charge in [-0.05, 0) is 19.1 Å². The number of nitro groups is 1. The minimum atomic E-state index is -1.21. The van der Waals surface area contributed by atoms with Gasteiger partial charge >= 0.3 is 6.09 Å². The first kappa shape index (κ1) is 20.4. The Bertz CT molecular complexity index is 846.